The molecule has 0 amide bonds. The van der Waals surface area contributed by atoms with Crippen LogP contribution in [0.5, 0.6) is 0 Å². The molecule has 1 unspecified atom stereocenters. The van der Waals surface area contributed by atoms with Gasteiger partial charge in [-0.3, -0.25) is 0 Å². The summed E-state index contributed by atoms with van der Waals surface area (Å²) in [5, 5.41) is 0. The molecule has 1 atom stereocenters. The number of nitrogens with zero attached hydrogens (tertiary/aromatic N) is 2. The van der Waals surface area contributed by atoms with Gasteiger partial charge in [-0.2, -0.15) is 4.57 Å². The Bertz CT molecular complexity index is 1050. The highest BCUT2D eigenvalue weighted by Crippen LogP contribution is 2.48. The highest BCUT2D eigenvalue weighted by molar-refractivity contribution is 5.69. The van der Waals surface area contributed by atoms with Crippen molar-refractivity contribution in [3.63, 3.8) is 0 Å². The van der Waals surface area contributed by atoms with E-state index in [9.17, 15) is 0 Å². The molecular formula is C26H31N2+. The first-order chi connectivity index (χ1) is 13.5. The van der Waals surface area contributed by atoms with Crippen LogP contribution in [0.3, 0.4) is 0 Å². The molecule has 1 aliphatic carbocycles. The summed E-state index contributed by atoms with van der Waals surface area (Å²) in [5.41, 5.74) is 8.43. The molecule has 1 aromatic heterocycles. The molecule has 5 rings (SSSR count). The zero-order valence-corrected chi connectivity index (χ0v) is 17.6. The topological polar surface area (TPSA) is 8.81 Å². The fraction of sp³-hybridized carbons (Fsp3) is 0.423. The lowest BCUT2D eigenvalue weighted by Crippen LogP contribution is -2.58. The molecule has 1 aliphatic heterocycles. The van der Waals surface area contributed by atoms with E-state index in [0.717, 1.165) is 0 Å². The zero-order chi connectivity index (χ0) is 19.5. The molecule has 1 saturated carbocycles. The molecule has 1 fully saturated rings. The number of aryl methyl sites for hydroxylation is 1. The third kappa shape index (κ3) is 2.24. The van der Waals surface area contributed by atoms with Crippen molar-refractivity contribution in [3.8, 4) is 16.9 Å². The fourth-order valence-electron chi connectivity index (χ4n) is 6.14. The van der Waals surface area contributed by atoms with Gasteiger partial charge in [0.1, 0.15) is 11.2 Å². The first-order valence-corrected chi connectivity index (χ1v) is 10.9. The summed E-state index contributed by atoms with van der Waals surface area (Å²) < 4.78 is 5.18. The van der Waals surface area contributed by atoms with Gasteiger partial charge in [0, 0.05) is 30.9 Å². The maximum absolute atomic E-state index is 2.69. The second-order valence-corrected chi connectivity index (χ2v) is 8.97. The predicted octanol–water partition coefficient (Wildman–Crippen LogP) is 6.01. The fourth-order valence-corrected chi connectivity index (χ4v) is 6.14. The van der Waals surface area contributed by atoms with Gasteiger partial charge in [-0.1, -0.05) is 61.7 Å². The average molecular weight is 372 g/mol. The summed E-state index contributed by atoms with van der Waals surface area (Å²) in [6, 6.07) is 17.9. The van der Waals surface area contributed by atoms with Crippen LogP contribution in [-0.2, 0) is 5.54 Å². The van der Waals surface area contributed by atoms with Crippen LogP contribution in [0, 0.1) is 26.7 Å². The van der Waals surface area contributed by atoms with Crippen LogP contribution in [-0.4, -0.2) is 4.57 Å². The lowest BCUT2D eigenvalue weighted by atomic mass is 9.72. The largest absolute Gasteiger partial charge is 0.259 e. The van der Waals surface area contributed by atoms with E-state index in [1.165, 1.54) is 71.7 Å². The van der Waals surface area contributed by atoms with Gasteiger partial charge in [0.25, 0.3) is 5.82 Å². The number of fused-ring (bicyclic) bond motifs is 3. The molecule has 28 heavy (non-hydrogen) atoms. The van der Waals surface area contributed by atoms with Crippen LogP contribution in [0.1, 0.15) is 61.7 Å². The minimum Gasteiger partial charge on any atom is -0.217 e. The van der Waals surface area contributed by atoms with E-state index in [-0.39, 0.29) is 5.54 Å². The van der Waals surface area contributed by atoms with Crippen LogP contribution in [0.2, 0.25) is 0 Å². The van der Waals surface area contributed by atoms with Crippen molar-refractivity contribution in [1.82, 2.24) is 4.57 Å². The number of hydrogen-bond acceptors (Lipinski definition) is 0. The van der Waals surface area contributed by atoms with E-state index in [0.29, 0.717) is 5.92 Å². The predicted molar refractivity (Wildman–Crippen MR) is 115 cm³/mol. The van der Waals surface area contributed by atoms with Crippen LogP contribution in [0.4, 0.5) is 0 Å². The van der Waals surface area contributed by atoms with Crippen LogP contribution < -0.4 is 4.57 Å². The van der Waals surface area contributed by atoms with E-state index < -0.39 is 0 Å². The van der Waals surface area contributed by atoms with Gasteiger partial charge >= 0.3 is 0 Å². The van der Waals surface area contributed by atoms with E-state index in [2.05, 4.69) is 85.4 Å². The Balaban J connectivity index is 1.81. The molecule has 2 aromatic carbocycles. The molecule has 3 aromatic rings. The second-order valence-electron chi connectivity index (χ2n) is 8.97. The molecule has 144 valence electrons. The van der Waals surface area contributed by atoms with Crippen LogP contribution in [0.15, 0.2) is 48.5 Å². The van der Waals surface area contributed by atoms with Gasteiger partial charge in [-0.05, 0) is 38.3 Å². The maximum atomic E-state index is 2.69. The lowest BCUT2D eigenvalue weighted by molar-refractivity contribution is -0.749. The lowest BCUT2D eigenvalue weighted by Gasteiger charge is -2.36. The Hall–Kier alpha value is -2.35. The van der Waals surface area contributed by atoms with Crippen molar-refractivity contribution < 1.29 is 4.57 Å². The van der Waals surface area contributed by atoms with Gasteiger partial charge < -0.3 is 0 Å². The Morgan fingerprint density at radius 3 is 2.32 bits per heavy atom. The number of aromatic nitrogens is 2. The Morgan fingerprint density at radius 1 is 0.893 bits per heavy atom. The van der Waals surface area contributed by atoms with Gasteiger partial charge in [-0.15, -0.1) is 0 Å². The van der Waals surface area contributed by atoms with Crippen molar-refractivity contribution >= 4 is 0 Å². The normalized spacial score (nSPS) is 21.6. The molecule has 0 bridgehead atoms. The molecule has 2 nitrogen and oxygen atoms in total. The minimum absolute atomic E-state index is 0.0507. The summed E-state index contributed by atoms with van der Waals surface area (Å²) in [6.45, 7) is 9.34. The molecule has 0 radical (unpaired) electrons. The number of rotatable bonds is 2. The highest BCUT2D eigenvalue weighted by atomic mass is 15.2. The number of benzene rings is 2. The second kappa shape index (κ2) is 6.34. The first kappa shape index (κ1) is 17.7. The summed E-state index contributed by atoms with van der Waals surface area (Å²) in [4.78, 5) is 0. The summed E-state index contributed by atoms with van der Waals surface area (Å²) >= 11 is 0. The summed E-state index contributed by atoms with van der Waals surface area (Å²) in [5.74, 6) is 2.06. The standard InChI is InChI=1S/C26H31N2/c1-18-12-8-11-17-24(18)27-19(2)25-22-15-9-10-16-23(22)26(4,28(25)20(27)3)21-13-6-5-7-14-21/h8-12,15-17,21H,5-7,13-14H2,1-4H3/q+1. The Morgan fingerprint density at radius 2 is 1.57 bits per heavy atom. The molecule has 0 N–H and O–H groups in total. The molecule has 2 aliphatic rings. The van der Waals surface area contributed by atoms with Gasteiger partial charge in [-0.25, -0.2) is 4.57 Å². The van der Waals surface area contributed by atoms with Crippen molar-refractivity contribution in [1.29, 1.82) is 0 Å². The van der Waals surface area contributed by atoms with E-state index in [4.69, 9.17) is 0 Å². The molecule has 2 heterocycles. The molecule has 2 heteroatoms. The number of imidazole rings is 1. The van der Waals surface area contributed by atoms with Gasteiger partial charge in [0.05, 0.1) is 0 Å². The van der Waals surface area contributed by atoms with Crippen molar-refractivity contribution in [3.05, 3.63) is 71.2 Å². The number of hydrogen-bond donors (Lipinski definition) is 0. The zero-order valence-electron chi connectivity index (χ0n) is 17.6. The van der Waals surface area contributed by atoms with Crippen molar-refractivity contribution in [2.24, 2.45) is 5.92 Å². The molecule has 0 saturated heterocycles. The van der Waals surface area contributed by atoms with Gasteiger partial charge in [0.2, 0.25) is 0 Å². The van der Waals surface area contributed by atoms with Crippen LogP contribution in [0.25, 0.3) is 16.9 Å². The van der Waals surface area contributed by atoms with E-state index in [1.54, 1.807) is 0 Å². The SMILES string of the molecule is Cc1ccccc1-n1c(C)c2[n+](c1C)C(C)(C1CCCCC1)c1ccccc1-2. The van der Waals surface area contributed by atoms with Crippen molar-refractivity contribution in [2.75, 3.05) is 0 Å². The number of para-hydroxylation sites is 1. The maximum Gasteiger partial charge on any atom is 0.259 e. The first-order valence-electron chi connectivity index (χ1n) is 10.9. The van der Waals surface area contributed by atoms with Crippen LogP contribution >= 0.6 is 0 Å². The Labute approximate surface area is 168 Å². The average Bonchev–Trinajstić information content (AvgIpc) is 3.15. The monoisotopic (exact) mass is 371 g/mol. The summed E-state index contributed by atoms with van der Waals surface area (Å²) in [6.07, 6.45) is 6.81. The molecular weight excluding hydrogens is 340 g/mol. The third-order valence-corrected chi connectivity index (χ3v) is 7.50. The van der Waals surface area contributed by atoms with E-state index >= 15 is 0 Å². The quantitative estimate of drug-likeness (QED) is 0.488. The Kier molecular flexibility index (Phi) is 4.01. The van der Waals surface area contributed by atoms with E-state index in [1.807, 2.05) is 0 Å². The van der Waals surface area contributed by atoms with Gasteiger partial charge in [0.15, 0.2) is 11.4 Å². The molecule has 0 spiro atoms. The van der Waals surface area contributed by atoms with Crippen molar-refractivity contribution in [2.45, 2.75) is 65.3 Å². The minimum atomic E-state index is 0.0507. The smallest absolute Gasteiger partial charge is 0.217 e. The summed E-state index contributed by atoms with van der Waals surface area (Å²) in [7, 11) is 0. The third-order valence-electron chi connectivity index (χ3n) is 7.50. The highest BCUT2D eigenvalue weighted by Gasteiger charge is 2.53.